The molecule has 0 unspecified atom stereocenters. The van der Waals surface area contributed by atoms with Crippen molar-refractivity contribution in [3.05, 3.63) is 59.0 Å². The molecule has 0 bridgehead atoms. The van der Waals surface area contributed by atoms with Crippen LogP contribution in [-0.2, 0) is 6.54 Å². The highest BCUT2D eigenvalue weighted by molar-refractivity contribution is 5.94. The van der Waals surface area contributed by atoms with Crippen LogP contribution in [0.5, 0.6) is 0 Å². The molecule has 0 atom stereocenters. The van der Waals surface area contributed by atoms with Crippen molar-refractivity contribution in [2.75, 3.05) is 6.54 Å². The van der Waals surface area contributed by atoms with Crippen LogP contribution in [0.1, 0.15) is 56.8 Å². The Morgan fingerprint density at radius 2 is 1.64 bits per heavy atom. The van der Waals surface area contributed by atoms with Gasteiger partial charge < -0.3 is 20.2 Å². The minimum absolute atomic E-state index is 0.0654. The zero-order valence-electron chi connectivity index (χ0n) is 13.9. The third-order valence-electron chi connectivity index (χ3n) is 3.53. The van der Waals surface area contributed by atoms with Crippen LogP contribution >= 0.6 is 0 Å². The lowest BCUT2D eigenvalue weighted by atomic mass is 10.1. The summed E-state index contributed by atoms with van der Waals surface area (Å²) in [6, 6.07) is 9.42. The van der Waals surface area contributed by atoms with E-state index in [4.69, 9.17) is 9.52 Å². The van der Waals surface area contributed by atoms with Gasteiger partial charge in [0.1, 0.15) is 0 Å². The quantitative estimate of drug-likeness (QED) is 0.637. The first-order valence-corrected chi connectivity index (χ1v) is 7.99. The van der Waals surface area contributed by atoms with Gasteiger partial charge in [0.15, 0.2) is 5.76 Å². The lowest BCUT2D eigenvalue weighted by Gasteiger charge is -2.06. The van der Waals surface area contributed by atoms with Crippen LogP contribution in [0.3, 0.4) is 0 Å². The molecular weight excluding hydrogens is 324 g/mol. The largest absolute Gasteiger partial charge is 0.475 e. The SMILES string of the molecule is CCCCNC(=O)c1ccc(CNC(=O)c2ccc(C(=O)O)o2)cc1. The molecule has 0 aliphatic rings. The second-order valence-corrected chi connectivity index (χ2v) is 5.46. The summed E-state index contributed by atoms with van der Waals surface area (Å²) in [6.45, 7) is 2.94. The molecule has 3 N–H and O–H groups in total. The van der Waals surface area contributed by atoms with E-state index in [1.165, 1.54) is 12.1 Å². The van der Waals surface area contributed by atoms with Crippen LogP contribution in [0.2, 0.25) is 0 Å². The molecule has 0 aliphatic heterocycles. The topological polar surface area (TPSA) is 109 Å². The molecule has 0 aliphatic carbocycles. The number of unbranched alkanes of at least 4 members (excludes halogenated alkanes) is 1. The molecule has 7 heteroatoms. The normalized spacial score (nSPS) is 10.3. The third-order valence-corrected chi connectivity index (χ3v) is 3.53. The average Bonchev–Trinajstić information content (AvgIpc) is 3.11. The van der Waals surface area contributed by atoms with E-state index in [0.29, 0.717) is 12.1 Å². The monoisotopic (exact) mass is 344 g/mol. The van der Waals surface area contributed by atoms with Gasteiger partial charge in [-0.2, -0.15) is 0 Å². The van der Waals surface area contributed by atoms with E-state index in [-0.39, 0.29) is 24.0 Å². The van der Waals surface area contributed by atoms with Gasteiger partial charge in [-0.15, -0.1) is 0 Å². The predicted molar refractivity (Wildman–Crippen MR) is 90.5 cm³/mol. The number of carbonyl (C=O) groups excluding carboxylic acids is 2. The van der Waals surface area contributed by atoms with Crippen molar-refractivity contribution in [3.63, 3.8) is 0 Å². The minimum Gasteiger partial charge on any atom is -0.475 e. The van der Waals surface area contributed by atoms with E-state index < -0.39 is 11.9 Å². The molecule has 1 aromatic heterocycles. The molecule has 2 aromatic rings. The summed E-state index contributed by atoms with van der Waals surface area (Å²) in [5.41, 5.74) is 1.37. The Balaban J connectivity index is 1.87. The second kappa shape index (κ2) is 8.68. The molecule has 0 saturated heterocycles. The number of nitrogens with one attached hydrogen (secondary N) is 2. The van der Waals surface area contributed by atoms with Crippen LogP contribution in [0.4, 0.5) is 0 Å². The number of furan rings is 1. The summed E-state index contributed by atoms with van der Waals surface area (Å²) in [5, 5.41) is 14.2. The van der Waals surface area contributed by atoms with Crippen LogP contribution in [0.25, 0.3) is 0 Å². The number of amides is 2. The maximum Gasteiger partial charge on any atom is 0.371 e. The number of hydrogen-bond acceptors (Lipinski definition) is 4. The summed E-state index contributed by atoms with van der Waals surface area (Å²) in [5.74, 6) is -2.21. The Labute approximate surface area is 145 Å². The van der Waals surface area contributed by atoms with E-state index >= 15 is 0 Å². The fourth-order valence-corrected chi connectivity index (χ4v) is 2.10. The average molecular weight is 344 g/mol. The Morgan fingerprint density at radius 3 is 2.24 bits per heavy atom. The maximum absolute atomic E-state index is 11.9. The number of carboxylic acid groups (broad SMARTS) is 1. The first kappa shape index (κ1) is 18.3. The third kappa shape index (κ3) is 5.20. The zero-order chi connectivity index (χ0) is 18.2. The zero-order valence-corrected chi connectivity index (χ0v) is 13.9. The summed E-state index contributed by atoms with van der Waals surface area (Å²) >= 11 is 0. The number of aromatic carboxylic acids is 1. The lowest BCUT2D eigenvalue weighted by molar-refractivity contribution is 0.0659. The summed E-state index contributed by atoms with van der Waals surface area (Å²) in [4.78, 5) is 34.5. The van der Waals surface area contributed by atoms with Gasteiger partial charge in [0, 0.05) is 18.7 Å². The summed E-state index contributed by atoms with van der Waals surface area (Å²) < 4.78 is 4.93. The molecule has 1 aromatic carbocycles. The van der Waals surface area contributed by atoms with Crippen LogP contribution < -0.4 is 10.6 Å². The Bertz CT molecular complexity index is 749. The van der Waals surface area contributed by atoms with Crippen LogP contribution in [-0.4, -0.2) is 29.4 Å². The van der Waals surface area contributed by atoms with Crippen molar-refractivity contribution >= 4 is 17.8 Å². The highest BCUT2D eigenvalue weighted by Gasteiger charge is 2.14. The number of carbonyl (C=O) groups is 3. The van der Waals surface area contributed by atoms with Gasteiger partial charge in [0.25, 0.3) is 11.8 Å². The number of hydrogen-bond donors (Lipinski definition) is 3. The molecule has 2 rings (SSSR count). The van der Waals surface area contributed by atoms with Gasteiger partial charge in [-0.1, -0.05) is 25.5 Å². The Hall–Kier alpha value is -3.09. The number of rotatable bonds is 8. The minimum atomic E-state index is -1.23. The van der Waals surface area contributed by atoms with Crippen LogP contribution in [0.15, 0.2) is 40.8 Å². The van der Waals surface area contributed by atoms with E-state index in [2.05, 4.69) is 17.6 Å². The van der Waals surface area contributed by atoms with Crippen molar-refractivity contribution in [3.8, 4) is 0 Å². The lowest BCUT2D eigenvalue weighted by Crippen LogP contribution is -2.24. The van der Waals surface area contributed by atoms with Crippen molar-refractivity contribution in [1.82, 2.24) is 10.6 Å². The maximum atomic E-state index is 11.9. The molecule has 0 radical (unpaired) electrons. The van der Waals surface area contributed by atoms with E-state index in [0.717, 1.165) is 18.4 Å². The molecule has 0 saturated carbocycles. The van der Waals surface area contributed by atoms with Crippen molar-refractivity contribution in [2.45, 2.75) is 26.3 Å². The first-order chi connectivity index (χ1) is 12.0. The molecular formula is C18H20N2O5. The fourth-order valence-electron chi connectivity index (χ4n) is 2.10. The molecule has 132 valence electrons. The fraction of sp³-hybridized carbons (Fsp3) is 0.278. The molecule has 2 amide bonds. The summed E-state index contributed by atoms with van der Waals surface area (Å²) in [7, 11) is 0. The summed E-state index contributed by atoms with van der Waals surface area (Å²) in [6.07, 6.45) is 1.95. The predicted octanol–water partition coefficient (Wildman–Crippen LogP) is 2.44. The van der Waals surface area contributed by atoms with Gasteiger partial charge >= 0.3 is 5.97 Å². The van der Waals surface area contributed by atoms with E-state index in [1.807, 2.05) is 0 Å². The van der Waals surface area contributed by atoms with Crippen molar-refractivity contribution in [2.24, 2.45) is 0 Å². The Morgan fingerprint density at radius 1 is 0.960 bits per heavy atom. The highest BCUT2D eigenvalue weighted by atomic mass is 16.4. The Kier molecular flexibility index (Phi) is 6.33. The molecule has 0 spiro atoms. The number of benzene rings is 1. The first-order valence-electron chi connectivity index (χ1n) is 7.99. The van der Waals surface area contributed by atoms with Gasteiger partial charge in [-0.3, -0.25) is 9.59 Å². The van der Waals surface area contributed by atoms with E-state index in [1.54, 1.807) is 24.3 Å². The molecule has 25 heavy (non-hydrogen) atoms. The molecule has 7 nitrogen and oxygen atoms in total. The van der Waals surface area contributed by atoms with Gasteiger partial charge in [0.2, 0.25) is 5.76 Å². The van der Waals surface area contributed by atoms with Crippen LogP contribution in [0, 0.1) is 0 Å². The van der Waals surface area contributed by atoms with E-state index in [9.17, 15) is 14.4 Å². The standard InChI is InChI=1S/C18H20N2O5/c1-2-3-10-19-16(21)13-6-4-12(5-7-13)11-20-17(22)14-8-9-15(25-14)18(23)24/h4-9H,2-3,10-11H2,1H3,(H,19,21)(H,20,22)(H,23,24). The smallest absolute Gasteiger partial charge is 0.371 e. The van der Waals surface area contributed by atoms with Gasteiger partial charge in [0.05, 0.1) is 0 Å². The number of carboxylic acids is 1. The molecule has 1 heterocycles. The van der Waals surface area contributed by atoms with Crippen molar-refractivity contribution < 1.29 is 23.9 Å². The molecule has 0 fully saturated rings. The highest BCUT2D eigenvalue weighted by Crippen LogP contribution is 2.09. The van der Waals surface area contributed by atoms with Gasteiger partial charge in [-0.05, 0) is 36.2 Å². The second-order valence-electron chi connectivity index (χ2n) is 5.46. The van der Waals surface area contributed by atoms with Gasteiger partial charge in [-0.25, -0.2) is 4.79 Å². The van der Waals surface area contributed by atoms with Crippen molar-refractivity contribution in [1.29, 1.82) is 0 Å².